The zero-order valence-corrected chi connectivity index (χ0v) is 11.8. The maximum atomic E-state index is 11.9. The van der Waals surface area contributed by atoms with E-state index in [4.69, 9.17) is 11.6 Å². The normalized spacial score (nSPS) is 21.6. The molecular weight excluding hydrogens is 300 g/mol. The van der Waals surface area contributed by atoms with Crippen molar-refractivity contribution >= 4 is 29.6 Å². The lowest BCUT2D eigenvalue weighted by molar-refractivity contribution is -0.150. The molecule has 0 bridgehead atoms. The van der Waals surface area contributed by atoms with Crippen LogP contribution in [-0.4, -0.2) is 41.1 Å². The van der Waals surface area contributed by atoms with Gasteiger partial charge in [-0.3, -0.25) is 9.69 Å². The SMILES string of the molecule is COC(=O)N1[C@@H](c2ccc(Cl)cc2)NC(=O)C[C@H]1C(=O)O. The third kappa shape index (κ3) is 3.08. The molecule has 0 radical (unpaired) electrons. The summed E-state index contributed by atoms with van der Waals surface area (Å²) in [7, 11) is 1.15. The standard InChI is InChI=1S/C13H13ClN2O5/c1-21-13(20)16-9(12(18)19)6-10(17)15-11(16)7-2-4-8(14)5-3-7/h2-5,9,11H,6H2,1H3,(H,15,17)(H,18,19)/t9-,11-/m0/s1. The van der Waals surface area contributed by atoms with Crippen LogP contribution < -0.4 is 5.32 Å². The van der Waals surface area contributed by atoms with Crippen molar-refractivity contribution in [1.82, 2.24) is 10.2 Å². The summed E-state index contributed by atoms with van der Waals surface area (Å²) in [5.74, 6) is -1.73. The molecule has 0 spiro atoms. The fourth-order valence-corrected chi connectivity index (χ4v) is 2.29. The third-order valence-electron chi connectivity index (χ3n) is 3.15. The Hall–Kier alpha value is -2.28. The van der Waals surface area contributed by atoms with Gasteiger partial charge in [0.05, 0.1) is 13.5 Å². The first-order valence-electron chi connectivity index (χ1n) is 6.08. The Kier molecular flexibility index (Phi) is 4.32. The van der Waals surface area contributed by atoms with Crippen molar-refractivity contribution in [2.24, 2.45) is 0 Å². The van der Waals surface area contributed by atoms with E-state index in [2.05, 4.69) is 10.1 Å². The number of hydrogen-bond donors (Lipinski definition) is 2. The minimum Gasteiger partial charge on any atom is -0.480 e. The molecule has 7 nitrogen and oxygen atoms in total. The predicted octanol–water partition coefficient (Wildman–Crippen LogP) is 1.38. The number of methoxy groups -OCH3 is 1. The lowest BCUT2D eigenvalue weighted by Crippen LogP contribution is -2.58. The Bertz CT molecular complexity index is 574. The number of carboxylic acid groups (broad SMARTS) is 1. The number of rotatable bonds is 2. The van der Waals surface area contributed by atoms with Crippen molar-refractivity contribution in [3.05, 3.63) is 34.9 Å². The second-order valence-electron chi connectivity index (χ2n) is 4.46. The van der Waals surface area contributed by atoms with E-state index < -0.39 is 30.2 Å². The molecule has 2 amide bonds. The molecule has 1 aromatic rings. The first kappa shape index (κ1) is 15.1. The highest BCUT2D eigenvalue weighted by molar-refractivity contribution is 6.30. The molecule has 1 saturated heterocycles. The highest BCUT2D eigenvalue weighted by atomic mass is 35.5. The lowest BCUT2D eigenvalue weighted by Gasteiger charge is -2.39. The van der Waals surface area contributed by atoms with Crippen molar-refractivity contribution in [2.45, 2.75) is 18.6 Å². The third-order valence-corrected chi connectivity index (χ3v) is 3.40. The molecule has 0 saturated carbocycles. The maximum absolute atomic E-state index is 11.9. The van der Waals surface area contributed by atoms with Gasteiger partial charge in [0.1, 0.15) is 12.2 Å². The lowest BCUT2D eigenvalue weighted by atomic mass is 10.0. The number of halogens is 1. The van der Waals surface area contributed by atoms with E-state index >= 15 is 0 Å². The number of carboxylic acids is 1. The van der Waals surface area contributed by atoms with Gasteiger partial charge in [0.2, 0.25) is 5.91 Å². The Morgan fingerprint density at radius 2 is 2.00 bits per heavy atom. The molecule has 0 unspecified atom stereocenters. The van der Waals surface area contributed by atoms with Gasteiger partial charge in [0.25, 0.3) is 0 Å². The van der Waals surface area contributed by atoms with Crippen molar-refractivity contribution < 1.29 is 24.2 Å². The largest absolute Gasteiger partial charge is 0.480 e. The van der Waals surface area contributed by atoms with Crippen LogP contribution in [0.1, 0.15) is 18.2 Å². The minimum absolute atomic E-state index is 0.325. The number of amides is 2. The van der Waals surface area contributed by atoms with Crippen LogP contribution in [0.2, 0.25) is 5.02 Å². The molecule has 2 N–H and O–H groups in total. The van der Waals surface area contributed by atoms with Crippen LogP contribution in [0.25, 0.3) is 0 Å². The summed E-state index contributed by atoms with van der Waals surface area (Å²) in [5, 5.41) is 12.3. The van der Waals surface area contributed by atoms with Gasteiger partial charge in [-0.15, -0.1) is 0 Å². The molecule has 21 heavy (non-hydrogen) atoms. The number of benzene rings is 1. The van der Waals surface area contributed by atoms with E-state index in [-0.39, 0.29) is 6.42 Å². The predicted molar refractivity (Wildman–Crippen MR) is 72.6 cm³/mol. The van der Waals surface area contributed by atoms with Crippen LogP contribution in [0, 0.1) is 0 Å². The summed E-state index contributed by atoms with van der Waals surface area (Å²) in [5.41, 5.74) is 0.532. The molecule has 1 aliphatic rings. The van der Waals surface area contributed by atoms with Crippen molar-refractivity contribution in [3.8, 4) is 0 Å². The molecule has 1 aromatic carbocycles. The zero-order valence-electron chi connectivity index (χ0n) is 11.1. The highest BCUT2D eigenvalue weighted by Gasteiger charge is 2.42. The van der Waals surface area contributed by atoms with E-state index in [1.54, 1.807) is 24.3 Å². The average Bonchev–Trinajstić information content (AvgIpc) is 2.46. The van der Waals surface area contributed by atoms with E-state index in [1.165, 1.54) is 0 Å². The van der Waals surface area contributed by atoms with Crippen molar-refractivity contribution in [3.63, 3.8) is 0 Å². The summed E-state index contributed by atoms with van der Waals surface area (Å²) in [6.07, 6.45) is -2.08. The summed E-state index contributed by atoms with van der Waals surface area (Å²) in [6, 6.07) is 5.10. The van der Waals surface area contributed by atoms with Crippen LogP contribution >= 0.6 is 11.6 Å². The second kappa shape index (κ2) is 6.01. The number of nitrogens with zero attached hydrogens (tertiary/aromatic N) is 1. The zero-order chi connectivity index (χ0) is 15.6. The molecule has 8 heteroatoms. The summed E-state index contributed by atoms with van der Waals surface area (Å²) in [6.45, 7) is 0. The topological polar surface area (TPSA) is 95.9 Å². The van der Waals surface area contributed by atoms with Crippen molar-refractivity contribution in [1.29, 1.82) is 0 Å². The van der Waals surface area contributed by atoms with Gasteiger partial charge in [-0.2, -0.15) is 0 Å². The van der Waals surface area contributed by atoms with E-state index in [1.807, 2.05) is 0 Å². The fraction of sp³-hybridized carbons (Fsp3) is 0.308. The van der Waals surface area contributed by atoms with Crippen LogP contribution in [0.5, 0.6) is 0 Å². The van der Waals surface area contributed by atoms with Gasteiger partial charge in [-0.1, -0.05) is 23.7 Å². The highest BCUT2D eigenvalue weighted by Crippen LogP contribution is 2.27. The molecule has 1 fully saturated rings. The van der Waals surface area contributed by atoms with Crippen LogP contribution in [0.15, 0.2) is 24.3 Å². The molecular formula is C13H13ClN2O5. The maximum Gasteiger partial charge on any atom is 0.412 e. The van der Waals surface area contributed by atoms with Crippen LogP contribution in [0.3, 0.4) is 0 Å². The van der Waals surface area contributed by atoms with E-state index in [9.17, 15) is 19.5 Å². The summed E-state index contributed by atoms with van der Waals surface area (Å²) < 4.78 is 4.63. The minimum atomic E-state index is -1.29. The van der Waals surface area contributed by atoms with Crippen LogP contribution in [-0.2, 0) is 14.3 Å². The monoisotopic (exact) mass is 312 g/mol. The smallest absolute Gasteiger partial charge is 0.412 e. The van der Waals surface area contributed by atoms with Crippen LogP contribution in [0.4, 0.5) is 4.79 Å². The Morgan fingerprint density at radius 3 is 2.52 bits per heavy atom. The molecule has 1 aliphatic heterocycles. The Balaban J connectivity index is 2.43. The van der Waals surface area contributed by atoms with Gasteiger partial charge < -0.3 is 15.2 Å². The first-order valence-corrected chi connectivity index (χ1v) is 6.45. The van der Waals surface area contributed by atoms with Gasteiger partial charge in [-0.25, -0.2) is 9.59 Å². The van der Waals surface area contributed by atoms with Gasteiger partial charge in [0, 0.05) is 5.02 Å². The number of ether oxygens (including phenoxy) is 1. The number of nitrogens with one attached hydrogen (secondary N) is 1. The van der Waals surface area contributed by atoms with E-state index in [0.29, 0.717) is 10.6 Å². The molecule has 0 aromatic heterocycles. The van der Waals surface area contributed by atoms with Gasteiger partial charge in [0.15, 0.2) is 0 Å². The van der Waals surface area contributed by atoms with Gasteiger partial charge in [-0.05, 0) is 17.7 Å². The Morgan fingerprint density at radius 1 is 1.38 bits per heavy atom. The molecule has 0 aliphatic carbocycles. The number of hydrogen-bond acceptors (Lipinski definition) is 4. The molecule has 1 heterocycles. The number of aliphatic carboxylic acids is 1. The second-order valence-corrected chi connectivity index (χ2v) is 4.89. The summed E-state index contributed by atoms with van der Waals surface area (Å²) in [4.78, 5) is 35.9. The molecule has 112 valence electrons. The van der Waals surface area contributed by atoms with Crippen molar-refractivity contribution in [2.75, 3.05) is 7.11 Å². The average molecular weight is 313 g/mol. The quantitative estimate of drug-likeness (QED) is 0.860. The Labute approximate surface area is 125 Å². The first-order chi connectivity index (χ1) is 9.93. The number of carbonyl (C=O) groups excluding carboxylic acids is 2. The fourth-order valence-electron chi connectivity index (χ4n) is 2.17. The number of carbonyl (C=O) groups is 3. The molecule has 2 atom stereocenters. The van der Waals surface area contributed by atoms with E-state index in [0.717, 1.165) is 12.0 Å². The molecule has 2 rings (SSSR count). The van der Waals surface area contributed by atoms with Gasteiger partial charge >= 0.3 is 12.1 Å². The summed E-state index contributed by atoms with van der Waals surface area (Å²) >= 11 is 5.80.